The Kier molecular flexibility index (Phi) is 8.26. The van der Waals surface area contributed by atoms with Crippen LogP contribution in [0.25, 0.3) is 0 Å². The van der Waals surface area contributed by atoms with Crippen LogP contribution in [0.4, 0.5) is 0 Å². The number of hydrogen-bond donors (Lipinski definition) is 1. The van der Waals surface area contributed by atoms with E-state index in [1.165, 1.54) is 0 Å². The van der Waals surface area contributed by atoms with Gasteiger partial charge in [-0.2, -0.15) is 0 Å². The van der Waals surface area contributed by atoms with Gasteiger partial charge in [0, 0.05) is 5.41 Å². The van der Waals surface area contributed by atoms with E-state index in [1.54, 1.807) is 0 Å². The first-order chi connectivity index (χ1) is 2.27. The van der Waals surface area contributed by atoms with Crippen LogP contribution in [0.3, 0.4) is 0 Å². The summed E-state index contributed by atoms with van der Waals surface area (Å²) in [6.45, 7) is 2.96. The van der Waals surface area contributed by atoms with Crippen molar-refractivity contribution in [1.29, 1.82) is 0 Å². The number of hydrogen-bond acceptors (Lipinski definition) is 2. The second-order valence-corrected chi connectivity index (χ2v) is 1.40. The minimum atomic E-state index is -2.33. The van der Waals surface area contributed by atoms with Crippen molar-refractivity contribution < 1.29 is 8.42 Å². The van der Waals surface area contributed by atoms with Crippen molar-refractivity contribution >= 4 is 27.8 Å². The van der Waals surface area contributed by atoms with E-state index in [-0.39, 0.29) is 17.1 Å². The molecule has 0 aromatic carbocycles. The maximum absolute atomic E-state index is 9.29. The van der Waals surface area contributed by atoms with Crippen molar-refractivity contribution in [1.82, 2.24) is 0 Å². The zero-order valence-corrected chi connectivity index (χ0v) is 6.04. The zero-order valence-electron chi connectivity index (χ0n) is 3.05. The third-order valence-electron chi connectivity index (χ3n) is 0.149. The molecule has 0 saturated heterocycles. The topological polar surface area (TPSA) is 34.1 Å². The van der Waals surface area contributed by atoms with E-state index < -0.39 is 10.7 Å². The van der Waals surface area contributed by atoms with Gasteiger partial charge in [0.25, 0.3) is 0 Å². The predicted octanol–water partition coefficient (Wildman–Crippen LogP) is -1.17. The van der Waals surface area contributed by atoms with Crippen LogP contribution in [0.2, 0.25) is 0 Å². The van der Waals surface area contributed by atoms with E-state index in [0.29, 0.717) is 0 Å². The van der Waals surface area contributed by atoms with Gasteiger partial charge in [-0.25, -0.2) is 8.42 Å². The van der Waals surface area contributed by atoms with E-state index in [4.69, 9.17) is 0 Å². The van der Waals surface area contributed by atoms with Crippen molar-refractivity contribution in [3.05, 3.63) is 12.0 Å². The van der Waals surface area contributed by atoms with Gasteiger partial charge < -0.3 is 0 Å². The quantitative estimate of drug-likeness (QED) is 0.400. The van der Waals surface area contributed by atoms with Gasteiger partial charge in [-0.05, 0) is 0 Å². The standard InChI is InChI=1S/C2H4O2S.H2Se/c1-2-5(3)4;/h2,5H,1H2;1H2. The summed E-state index contributed by atoms with van der Waals surface area (Å²) in [6.07, 6.45) is 0. The van der Waals surface area contributed by atoms with Crippen molar-refractivity contribution in [2.45, 2.75) is 0 Å². The van der Waals surface area contributed by atoms with Gasteiger partial charge in [-0.1, -0.05) is 6.58 Å². The summed E-state index contributed by atoms with van der Waals surface area (Å²) < 4.78 is 18.6. The average Bonchev–Trinajstić information content (AvgIpc) is 1.38. The Morgan fingerprint density at radius 3 is 1.67 bits per heavy atom. The summed E-state index contributed by atoms with van der Waals surface area (Å²) in [5, 5.41) is 0.870. The molecule has 0 aliphatic rings. The van der Waals surface area contributed by atoms with Crippen LogP contribution in [0.5, 0.6) is 0 Å². The van der Waals surface area contributed by atoms with E-state index in [1.807, 2.05) is 0 Å². The van der Waals surface area contributed by atoms with Crippen LogP contribution < -0.4 is 0 Å². The van der Waals surface area contributed by atoms with Gasteiger partial charge in [0.15, 0.2) is 10.7 Å². The fraction of sp³-hybridized carbons (Fsp3) is 0. The summed E-state index contributed by atoms with van der Waals surface area (Å²) in [4.78, 5) is 0. The summed E-state index contributed by atoms with van der Waals surface area (Å²) in [5.74, 6) is 0. The summed E-state index contributed by atoms with van der Waals surface area (Å²) in [6, 6.07) is 0. The third-order valence-corrected chi connectivity index (χ3v) is 0.447. The van der Waals surface area contributed by atoms with Crippen molar-refractivity contribution in [2.24, 2.45) is 0 Å². The van der Waals surface area contributed by atoms with Crippen molar-refractivity contribution in [3.8, 4) is 0 Å². The molecule has 0 spiro atoms. The van der Waals surface area contributed by atoms with Gasteiger partial charge in [-0.15, -0.1) is 0 Å². The average molecular weight is 173 g/mol. The monoisotopic (exact) mass is 174 g/mol. The SMILES string of the molecule is C=C[SH](=O)=O.[SeH2]. The number of thiol groups is 1. The first-order valence-electron chi connectivity index (χ1n) is 1.03. The Bertz CT molecular complexity index is 87.7. The minimum absolute atomic E-state index is 0. The Balaban J connectivity index is 0. The van der Waals surface area contributed by atoms with Gasteiger partial charge in [0.05, 0.1) is 0 Å². The fourth-order valence-corrected chi connectivity index (χ4v) is 0. The molecule has 0 aliphatic heterocycles. The van der Waals surface area contributed by atoms with Crippen LogP contribution in [0.1, 0.15) is 0 Å². The Morgan fingerprint density at radius 1 is 1.50 bits per heavy atom. The Labute approximate surface area is 48.7 Å². The molecule has 4 heteroatoms. The second-order valence-electron chi connectivity index (χ2n) is 0.468. The molecule has 6 heavy (non-hydrogen) atoms. The number of rotatable bonds is 1. The molecular weight excluding hydrogens is 167 g/mol. The van der Waals surface area contributed by atoms with Crippen LogP contribution in [-0.2, 0) is 10.7 Å². The molecule has 0 fully saturated rings. The molecule has 2 nitrogen and oxygen atoms in total. The molecule has 0 aliphatic carbocycles. The van der Waals surface area contributed by atoms with Gasteiger partial charge in [-0.3, -0.25) is 0 Å². The second kappa shape index (κ2) is 5.21. The van der Waals surface area contributed by atoms with E-state index in [0.717, 1.165) is 5.41 Å². The zero-order chi connectivity index (χ0) is 4.28. The molecule has 0 aromatic heterocycles. The molecule has 0 amide bonds. The molecule has 0 saturated carbocycles. The summed E-state index contributed by atoms with van der Waals surface area (Å²) >= 11 is 0. The molecule has 0 aromatic rings. The summed E-state index contributed by atoms with van der Waals surface area (Å²) in [7, 11) is -2.33. The molecule has 0 heterocycles. The van der Waals surface area contributed by atoms with Crippen LogP contribution in [0, 0.1) is 0 Å². The van der Waals surface area contributed by atoms with E-state index >= 15 is 0 Å². The molecular formula is C2H6O2SSe. The van der Waals surface area contributed by atoms with Crippen LogP contribution in [-0.4, -0.2) is 25.5 Å². The predicted molar refractivity (Wildman–Crippen MR) is 29.1 cm³/mol. The Hall–Kier alpha value is 0.209. The molecule has 0 unspecified atom stereocenters. The van der Waals surface area contributed by atoms with E-state index in [2.05, 4.69) is 6.58 Å². The Morgan fingerprint density at radius 2 is 1.67 bits per heavy atom. The van der Waals surface area contributed by atoms with Crippen LogP contribution >= 0.6 is 0 Å². The molecule has 0 bridgehead atoms. The molecule has 38 valence electrons. The van der Waals surface area contributed by atoms with Crippen LogP contribution in [0.15, 0.2) is 12.0 Å². The van der Waals surface area contributed by atoms with Gasteiger partial charge in [0.2, 0.25) is 0 Å². The molecule has 0 rings (SSSR count). The van der Waals surface area contributed by atoms with Crippen molar-refractivity contribution in [2.75, 3.05) is 0 Å². The molecule has 0 radical (unpaired) electrons. The first kappa shape index (κ1) is 9.51. The molecule has 0 N–H and O–H groups in total. The van der Waals surface area contributed by atoms with E-state index in [9.17, 15) is 8.42 Å². The normalized spacial score (nSPS) is 6.83. The van der Waals surface area contributed by atoms with Crippen molar-refractivity contribution in [3.63, 3.8) is 0 Å². The fourth-order valence-electron chi connectivity index (χ4n) is 0. The first-order valence-corrected chi connectivity index (χ1v) is 2.28. The van der Waals surface area contributed by atoms with Gasteiger partial charge in [0.1, 0.15) is 0 Å². The summed E-state index contributed by atoms with van der Waals surface area (Å²) in [5.41, 5.74) is 0. The third kappa shape index (κ3) is 8.88. The maximum atomic E-state index is 9.29. The van der Waals surface area contributed by atoms with Gasteiger partial charge >= 0.3 is 17.1 Å². The molecule has 0 atom stereocenters.